The first-order valence-corrected chi connectivity index (χ1v) is 6.49. The third-order valence-electron chi connectivity index (χ3n) is 2.90. The molecule has 0 aromatic rings. The van der Waals surface area contributed by atoms with Gasteiger partial charge < -0.3 is 4.90 Å². The van der Waals surface area contributed by atoms with E-state index in [1.165, 1.54) is 12.8 Å². The van der Waals surface area contributed by atoms with Crippen LogP contribution in [0.25, 0.3) is 0 Å². The summed E-state index contributed by atoms with van der Waals surface area (Å²) in [4.78, 5) is 12.7. The van der Waals surface area contributed by atoms with E-state index < -0.39 is 0 Å². The number of hydrogen-bond acceptors (Lipinski definition) is 4. The summed E-state index contributed by atoms with van der Waals surface area (Å²) in [6.45, 7) is 0.843. The fraction of sp³-hybridized carbons (Fsp3) is 0.889. The van der Waals surface area contributed by atoms with Crippen molar-refractivity contribution in [3.63, 3.8) is 0 Å². The number of carbonyl (C=O) groups is 1. The van der Waals surface area contributed by atoms with Gasteiger partial charge in [-0.1, -0.05) is 25.4 Å². The predicted octanol–water partition coefficient (Wildman–Crippen LogP) is 2.07. The molecule has 2 unspecified atom stereocenters. The maximum Gasteiger partial charge on any atom is 0.279 e. The number of amides is 1. The third kappa shape index (κ3) is 4.09. The average molecular weight is 266 g/mol. The van der Waals surface area contributed by atoms with Gasteiger partial charge >= 0.3 is 0 Å². The number of rotatable bonds is 6. The fourth-order valence-electron chi connectivity index (χ4n) is 1.78. The molecular weight excluding hydrogens is 248 g/mol. The Morgan fingerprint density at radius 3 is 2.60 bits per heavy atom. The molecule has 3 nitrogen and oxygen atoms in total. The molecule has 6 heteroatoms. The number of carbonyl (C=O) groups excluding carboxylic acids is 1. The maximum atomic E-state index is 11.1. The van der Waals surface area contributed by atoms with Crippen LogP contribution in [0, 0.1) is 11.8 Å². The van der Waals surface area contributed by atoms with E-state index in [0.717, 1.165) is 13.0 Å². The molecular formula is C9H18N2OS3. The average Bonchev–Trinajstić information content (AvgIpc) is 3.00. The molecule has 1 N–H and O–H groups in total. The van der Waals surface area contributed by atoms with E-state index in [2.05, 4.69) is 42.8 Å². The minimum atomic E-state index is -0.223. The lowest BCUT2D eigenvalue weighted by Gasteiger charge is -2.30. The summed E-state index contributed by atoms with van der Waals surface area (Å²) in [6, 6.07) is 0. The lowest BCUT2D eigenvalue weighted by atomic mass is 9.99. The Morgan fingerprint density at radius 1 is 1.60 bits per heavy atom. The summed E-state index contributed by atoms with van der Waals surface area (Å²) in [6.07, 6.45) is 3.50. The molecule has 88 valence electrons. The van der Waals surface area contributed by atoms with E-state index >= 15 is 0 Å². The smallest absolute Gasteiger partial charge is 0.279 e. The van der Waals surface area contributed by atoms with Crippen LogP contribution in [0.1, 0.15) is 19.3 Å². The van der Waals surface area contributed by atoms with Crippen molar-refractivity contribution in [1.82, 2.24) is 9.62 Å². The summed E-state index contributed by atoms with van der Waals surface area (Å²) in [5.41, 5.74) is 0. The molecule has 0 aliphatic heterocycles. The topological polar surface area (TPSA) is 32.3 Å². The van der Waals surface area contributed by atoms with Crippen LogP contribution in [-0.2, 0) is 0 Å². The van der Waals surface area contributed by atoms with Crippen LogP contribution in [0.15, 0.2) is 0 Å². The molecule has 1 rings (SSSR count). The molecule has 0 radical (unpaired) electrons. The van der Waals surface area contributed by atoms with E-state index in [-0.39, 0.29) is 10.6 Å². The summed E-state index contributed by atoms with van der Waals surface area (Å²) in [5.74, 6) is 1.15. The maximum absolute atomic E-state index is 11.1. The summed E-state index contributed by atoms with van der Waals surface area (Å²) >= 11 is 12.3. The van der Waals surface area contributed by atoms with Crippen LogP contribution >= 0.6 is 38.1 Å². The van der Waals surface area contributed by atoms with Crippen molar-refractivity contribution in [1.29, 1.82) is 0 Å². The van der Waals surface area contributed by atoms with Gasteiger partial charge in [-0.25, -0.2) is 0 Å². The first-order chi connectivity index (χ1) is 7.07. The van der Waals surface area contributed by atoms with Crippen LogP contribution in [0.5, 0.6) is 0 Å². The highest BCUT2D eigenvalue weighted by Gasteiger charge is 2.36. The van der Waals surface area contributed by atoms with Crippen molar-refractivity contribution >= 4 is 43.3 Å². The standard InChI is InChI=1S/C9H18N2OS3/c1-11(9(12)14)8(13)7(4-5-10-15)6-2-3-6/h6-8,10,13,15H,2-5H2,1H3,(H,12,14). The molecule has 0 saturated heterocycles. The van der Waals surface area contributed by atoms with Crippen LogP contribution in [0.3, 0.4) is 0 Å². The molecule has 1 aliphatic carbocycles. The highest BCUT2D eigenvalue weighted by Crippen LogP contribution is 2.42. The Bertz CT molecular complexity index is 223. The van der Waals surface area contributed by atoms with E-state index in [9.17, 15) is 4.79 Å². The molecule has 0 bridgehead atoms. The Kier molecular flexibility index (Phi) is 5.66. The molecule has 15 heavy (non-hydrogen) atoms. The first-order valence-electron chi connectivity index (χ1n) is 5.08. The summed E-state index contributed by atoms with van der Waals surface area (Å²) in [5, 5.41) is -0.260. The van der Waals surface area contributed by atoms with Crippen LogP contribution < -0.4 is 4.72 Å². The first kappa shape index (κ1) is 13.5. The molecule has 0 heterocycles. The fourth-order valence-corrected chi connectivity index (χ4v) is 2.63. The molecule has 1 amide bonds. The van der Waals surface area contributed by atoms with Gasteiger partial charge in [0, 0.05) is 13.6 Å². The lowest BCUT2D eigenvalue weighted by Crippen LogP contribution is -2.37. The van der Waals surface area contributed by atoms with Crippen LogP contribution in [0.4, 0.5) is 4.79 Å². The van der Waals surface area contributed by atoms with E-state index in [1.807, 2.05) is 0 Å². The minimum absolute atomic E-state index is 0.0378. The largest absolute Gasteiger partial charge is 0.325 e. The van der Waals surface area contributed by atoms with E-state index in [0.29, 0.717) is 11.8 Å². The van der Waals surface area contributed by atoms with Crippen molar-refractivity contribution in [3.05, 3.63) is 0 Å². The summed E-state index contributed by atoms with van der Waals surface area (Å²) in [7, 11) is 1.75. The normalized spacial score (nSPS) is 19.7. The van der Waals surface area contributed by atoms with Crippen LogP contribution in [-0.4, -0.2) is 29.1 Å². The molecule has 1 fully saturated rings. The predicted molar refractivity (Wildman–Crippen MR) is 72.7 cm³/mol. The van der Waals surface area contributed by atoms with Gasteiger partial charge in [-0.05, 0) is 31.1 Å². The third-order valence-corrected chi connectivity index (χ3v) is 4.17. The number of nitrogens with one attached hydrogen (secondary N) is 1. The zero-order valence-electron chi connectivity index (χ0n) is 8.76. The Balaban J connectivity index is 2.50. The lowest BCUT2D eigenvalue weighted by molar-refractivity contribution is 0.211. The monoisotopic (exact) mass is 266 g/mol. The van der Waals surface area contributed by atoms with E-state index in [1.54, 1.807) is 11.9 Å². The van der Waals surface area contributed by atoms with Gasteiger partial charge in [0.25, 0.3) is 5.24 Å². The quantitative estimate of drug-likeness (QED) is 0.438. The highest BCUT2D eigenvalue weighted by molar-refractivity contribution is 7.96. The molecule has 1 saturated carbocycles. The second kappa shape index (κ2) is 6.27. The number of thiol groups is 3. The second-order valence-electron chi connectivity index (χ2n) is 4.01. The van der Waals surface area contributed by atoms with Crippen molar-refractivity contribution in [2.24, 2.45) is 11.8 Å². The minimum Gasteiger partial charge on any atom is -0.325 e. The number of nitrogens with zero attached hydrogens (tertiary/aromatic N) is 1. The van der Waals surface area contributed by atoms with Gasteiger partial charge in [0.05, 0.1) is 5.37 Å². The van der Waals surface area contributed by atoms with Crippen molar-refractivity contribution in [2.45, 2.75) is 24.6 Å². The Labute approximate surface area is 108 Å². The molecule has 0 aromatic heterocycles. The van der Waals surface area contributed by atoms with Gasteiger partial charge in [0.2, 0.25) is 0 Å². The van der Waals surface area contributed by atoms with E-state index in [4.69, 9.17) is 0 Å². The SMILES string of the molecule is CN(C(=O)S)C(S)C(CCNS)C1CC1. The van der Waals surface area contributed by atoms with Crippen molar-refractivity contribution in [2.75, 3.05) is 13.6 Å². The van der Waals surface area contributed by atoms with Crippen molar-refractivity contribution < 1.29 is 4.79 Å². The van der Waals surface area contributed by atoms with Gasteiger partial charge in [-0.15, -0.1) is 0 Å². The highest BCUT2D eigenvalue weighted by atomic mass is 32.1. The van der Waals surface area contributed by atoms with Gasteiger partial charge in [0.15, 0.2) is 0 Å². The van der Waals surface area contributed by atoms with Crippen molar-refractivity contribution in [3.8, 4) is 0 Å². The van der Waals surface area contributed by atoms with Crippen LogP contribution in [0.2, 0.25) is 0 Å². The zero-order chi connectivity index (χ0) is 11.4. The zero-order valence-corrected chi connectivity index (χ0v) is 11.4. The summed E-state index contributed by atoms with van der Waals surface area (Å²) < 4.78 is 2.84. The van der Waals surface area contributed by atoms with Gasteiger partial charge in [-0.3, -0.25) is 9.52 Å². The molecule has 0 aromatic carbocycles. The second-order valence-corrected chi connectivity index (χ2v) is 5.23. The molecule has 2 atom stereocenters. The van der Waals surface area contributed by atoms with Gasteiger partial charge in [-0.2, -0.15) is 12.6 Å². The molecule has 0 spiro atoms. The number of hydrogen-bond donors (Lipinski definition) is 4. The van der Waals surface area contributed by atoms with Gasteiger partial charge in [0.1, 0.15) is 0 Å². The Hall–Kier alpha value is 0.480. The molecule has 1 aliphatic rings. The Morgan fingerprint density at radius 2 is 2.20 bits per heavy atom.